The Labute approximate surface area is 127 Å². The van der Waals surface area contributed by atoms with Gasteiger partial charge in [0.2, 0.25) is 0 Å². The summed E-state index contributed by atoms with van der Waals surface area (Å²) in [6, 6.07) is 8.56. The minimum Gasteiger partial charge on any atom is -0.482 e. The molecule has 0 fully saturated rings. The quantitative estimate of drug-likeness (QED) is 0.890. The van der Waals surface area contributed by atoms with Crippen molar-refractivity contribution in [2.75, 3.05) is 11.9 Å². The minimum atomic E-state index is -0.286. The van der Waals surface area contributed by atoms with Gasteiger partial charge in [-0.2, -0.15) is 0 Å². The predicted octanol–water partition coefficient (Wildman–Crippen LogP) is 2.55. The Bertz CT molecular complexity index is 629. The lowest BCUT2D eigenvalue weighted by Crippen LogP contribution is -2.20. The van der Waals surface area contributed by atoms with Gasteiger partial charge in [-0.3, -0.25) is 9.78 Å². The molecule has 2 rings (SSSR count). The zero-order valence-corrected chi connectivity index (χ0v) is 12.2. The first kappa shape index (κ1) is 15.3. The standard InChI is InChI=1S/C15H15ClN2O3/c1-10-2-3-11(16)6-14(10)18-15(20)9-21-13-5-4-12(8-19)17-7-13/h2-7,19H,8-9H2,1H3,(H,18,20). The van der Waals surface area contributed by atoms with Gasteiger partial charge >= 0.3 is 0 Å². The Hall–Kier alpha value is -2.11. The number of aliphatic hydroxyl groups is 1. The third-order valence-corrected chi connectivity index (χ3v) is 3.04. The van der Waals surface area contributed by atoms with Gasteiger partial charge in [-0.1, -0.05) is 17.7 Å². The van der Waals surface area contributed by atoms with Crippen LogP contribution in [0.3, 0.4) is 0 Å². The van der Waals surface area contributed by atoms with Crippen LogP contribution in [-0.4, -0.2) is 22.6 Å². The molecule has 5 nitrogen and oxygen atoms in total. The molecule has 21 heavy (non-hydrogen) atoms. The van der Waals surface area contributed by atoms with Crippen LogP contribution in [0.2, 0.25) is 5.02 Å². The number of aryl methyl sites for hydroxylation is 1. The van der Waals surface area contributed by atoms with Gasteiger partial charge in [-0.15, -0.1) is 0 Å². The van der Waals surface area contributed by atoms with Crippen LogP contribution in [0.15, 0.2) is 36.5 Å². The molecule has 2 N–H and O–H groups in total. The number of carbonyl (C=O) groups is 1. The Kier molecular flexibility index (Phi) is 5.14. The highest BCUT2D eigenvalue weighted by Crippen LogP contribution is 2.20. The lowest BCUT2D eigenvalue weighted by atomic mass is 10.2. The Morgan fingerprint density at radius 3 is 2.86 bits per heavy atom. The van der Waals surface area contributed by atoms with Crippen molar-refractivity contribution in [1.82, 2.24) is 4.98 Å². The summed E-state index contributed by atoms with van der Waals surface area (Å²) in [5.41, 5.74) is 2.12. The topological polar surface area (TPSA) is 71.5 Å². The number of nitrogens with zero attached hydrogens (tertiary/aromatic N) is 1. The first-order chi connectivity index (χ1) is 10.1. The summed E-state index contributed by atoms with van der Waals surface area (Å²) in [5.74, 6) is 0.178. The van der Waals surface area contributed by atoms with Crippen molar-refractivity contribution >= 4 is 23.2 Å². The monoisotopic (exact) mass is 306 g/mol. The van der Waals surface area contributed by atoms with Gasteiger partial charge < -0.3 is 15.2 Å². The number of amides is 1. The third-order valence-electron chi connectivity index (χ3n) is 2.80. The van der Waals surface area contributed by atoms with E-state index in [2.05, 4.69) is 10.3 Å². The molecule has 0 aliphatic rings. The number of nitrogens with one attached hydrogen (secondary N) is 1. The van der Waals surface area contributed by atoms with Crippen LogP contribution in [0, 0.1) is 6.92 Å². The van der Waals surface area contributed by atoms with Gasteiger partial charge in [0.05, 0.1) is 18.5 Å². The average Bonchev–Trinajstić information content (AvgIpc) is 2.49. The smallest absolute Gasteiger partial charge is 0.262 e. The molecule has 6 heteroatoms. The van der Waals surface area contributed by atoms with Crippen molar-refractivity contribution in [2.24, 2.45) is 0 Å². The van der Waals surface area contributed by atoms with Gasteiger partial charge in [-0.05, 0) is 36.8 Å². The lowest BCUT2D eigenvalue weighted by Gasteiger charge is -2.10. The first-order valence-corrected chi connectivity index (χ1v) is 6.71. The molecule has 0 saturated carbocycles. The van der Waals surface area contributed by atoms with Crippen molar-refractivity contribution in [2.45, 2.75) is 13.5 Å². The van der Waals surface area contributed by atoms with Crippen LogP contribution < -0.4 is 10.1 Å². The van der Waals surface area contributed by atoms with E-state index in [0.29, 0.717) is 22.2 Å². The molecule has 0 saturated heterocycles. The van der Waals surface area contributed by atoms with Crippen molar-refractivity contribution < 1.29 is 14.6 Å². The van der Waals surface area contributed by atoms with Gasteiger partial charge in [0.15, 0.2) is 6.61 Å². The van der Waals surface area contributed by atoms with Crippen LogP contribution in [-0.2, 0) is 11.4 Å². The Morgan fingerprint density at radius 2 is 2.19 bits per heavy atom. The second kappa shape index (κ2) is 7.06. The van der Waals surface area contributed by atoms with Crippen LogP contribution in [0.4, 0.5) is 5.69 Å². The predicted molar refractivity (Wildman–Crippen MR) is 80.5 cm³/mol. The fourth-order valence-electron chi connectivity index (χ4n) is 1.65. The van der Waals surface area contributed by atoms with E-state index in [-0.39, 0.29) is 19.1 Å². The van der Waals surface area contributed by atoms with Gasteiger partial charge in [0, 0.05) is 10.7 Å². The van der Waals surface area contributed by atoms with Crippen LogP contribution in [0.1, 0.15) is 11.3 Å². The Balaban J connectivity index is 1.91. The zero-order chi connectivity index (χ0) is 15.2. The summed E-state index contributed by atoms with van der Waals surface area (Å²) < 4.78 is 5.32. The molecule has 110 valence electrons. The summed E-state index contributed by atoms with van der Waals surface area (Å²) in [6.45, 7) is 1.62. The molecule has 1 heterocycles. The number of carbonyl (C=O) groups excluding carboxylic acids is 1. The van der Waals surface area contributed by atoms with Crippen molar-refractivity contribution in [3.63, 3.8) is 0 Å². The fraction of sp³-hybridized carbons (Fsp3) is 0.200. The number of rotatable bonds is 5. The second-order valence-corrected chi connectivity index (χ2v) is 4.88. The van der Waals surface area contributed by atoms with Crippen LogP contribution >= 0.6 is 11.6 Å². The molecule has 0 bridgehead atoms. The molecule has 0 spiro atoms. The van der Waals surface area contributed by atoms with Crippen molar-refractivity contribution in [3.05, 3.63) is 52.8 Å². The normalized spacial score (nSPS) is 10.2. The highest BCUT2D eigenvalue weighted by atomic mass is 35.5. The number of benzene rings is 1. The molecular formula is C15H15ClN2O3. The maximum absolute atomic E-state index is 11.8. The van der Waals surface area contributed by atoms with Crippen LogP contribution in [0.25, 0.3) is 0 Å². The number of hydrogen-bond donors (Lipinski definition) is 2. The first-order valence-electron chi connectivity index (χ1n) is 6.33. The summed E-state index contributed by atoms with van der Waals surface area (Å²) in [5, 5.41) is 12.2. The molecule has 0 atom stereocenters. The molecule has 0 radical (unpaired) electrons. The van der Waals surface area contributed by atoms with E-state index in [9.17, 15) is 4.79 Å². The number of anilines is 1. The maximum Gasteiger partial charge on any atom is 0.262 e. The van der Waals surface area contributed by atoms with E-state index >= 15 is 0 Å². The van der Waals surface area contributed by atoms with E-state index in [4.69, 9.17) is 21.4 Å². The van der Waals surface area contributed by atoms with Gasteiger partial charge in [0.1, 0.15) is 5.75 Å². The number of pyridine rings is 1. The number of halogens is 1. The number of aliphatic hydroxyl groups excluding tert-OH is 1. The molecule has 1 amide bonds. The molecule has 0 aliphatic carbocycles. The zero-order valence-electron chi connectivity index (χ0n) is 11.5. The van der Waals surface area contributed by atoms with Crippen molar-refractivity contribution in [1.29, 1.82) is 0 Å². The van der Waals surface area contributed by atoms with E-state index in [1.165, 1.54) is 6.20 Å². The highest BCUT2D eigenvalue weighted by Gasteiger charge is 2.07. The molecule has 1 aromatic carbocycles. The largest absolute Gasteiger partial charge is 0.482 e. The summed E-state index contributed by atoms with van der Waals surface area (Å²) in [6.07, 6.45) is 1.46. The Morgan fingerprint density at radius 1 is 1.38 bits per heavy atom. The molecule has 0 unspecified atom stereocenters. The SMILES string of the molecule is Cc1ccc(Cl)cc1NC(=O)COc1ccc(CO)nc1. The average molecular weight is 307 g/mol. The van der Waals surface area contributed by atoms with Gasteiger partial charge in [0.25, 0.3) is 5.91 Å². The summed E-state index contributed by atoms with van der Waals surface area (Å²) in [4.78, 5) is 15.8. The van der Waals surface area contributed by atoms with E-state index in [0.717, 1.165) is 5.56 Å². The third kappa shape index (κ3) is 4.44. The molecule has 1 aromatic heterocycles. The number of aromatic nitrogens is 1. The van der Waals surface area contributed by atoms with Crippen LogP contribution in [0.5, 0.6) is 5.75 Å². The summed E-state index contributed by atoms with van der Waals surface area (Å²) >= 11 is 5.89. The minimum absolute atomic E-state index is 0.130. The number of ether oxygens (including phenoxy) is 1. The second-order valence-electron chi connectivity index (χ2n) is 4.44. The lowest BCUT2D eigenvalue weighted by molar-refractivity contribution is -0.118. The van der Waals surface area contributed by atoms with E-state index in [1.807, 2.05) is 13.0 Å². The van der Waals surface area contributed by atoms with Gasteiger partial charge in [-0.25, -0.2) is 0 Å². The summed E-state index contributed by atoms with van der Waals surface area (Å²) in [7, 11) is 0. The molecular weight excluding hydrogens is 292 g/mol. The van der Waals surface area contributed by atoms with E-state index < -0.39 is 0 Å². The van der Waals surface area contributed by atoms with Crippen molar-refractivity contribution in [3.8, 4) is 5.75 Å². The molecule has 0 aliphatic heterocycles. The highest BCUT2D eigenvalue weighted by molar-refractivity contribution is 6.31. The molecule has 2 aromatic rings. The fourth-order valence-corrected chi connectivity index (χ4v) is 1.83. The maximum atomic E-state index is 11.8. The van der Waals surface area contributed by atoms with E-state index in [1.54, 1.807) is 24.3 Å². The number of hydrogen-bond acceptors (Lipinski definition) is 4.